The summed E-state index contributed by atoms with van der Waals surface area (Å²) >= 11 is 0. The molecule has 0 bridgehead atoms. The average molecular weight is 256 g/mol. The van der Waals surface area contributed by atoms with Gasteiger partial charge in [0, 0.05) is 11.8 Å². The summed E-state index contributed by atoms with van der Waals surface area (Å²) in [4.78, 5) is 22.4. The SMILES string of the molecule is N#Cc1cccc(NC(=O)c2cc(C(=O)O)co2)c1. The summed E-state index contributed by atoms with van der Waals surface area (Å²) < 4.78 is 4.86. The van der Waals surface area contributed by atoms with E-state index in [4.69, 9.17) is 14.8 Å². The van der Waals surface area contributed by atoms with E-state index in [1.165, 1.54) is 6.07 Å². The van der Waals surface area contributed by atoms with Crippen LogP contribution in [0.25, 0.3) is 0 Å². The Bertz CT molecular complexity index is 682. The third kappa shape index (κ3) is 2.79. The molecule has 2 aromatic rings. The van der Waals surface area contributed by atoms with Gasteiger partial charge in [0.15, 0.2) is 5.76 Å². The number of carboxylic acid groups (broad SMARTS) is 1. The second-order valence-electron chi connectivity index (χ2n) is 3.65. The zero-order chi connectivity index (χ0) is 13.8. The third-order valence-electron chi connectivity index (χ3n) is 2.32. The van der Waals surface area contributed by atoms with Crippen LogP contribution in [0, 0.1) is 11.3 Å². The highest BCUT2D eigenvalue weighted by molar-refractivity contribution is 6.03. The van der Waals surface area contributed by atoms with E-state index < -0.39 is 11.9 Å². The molecule has 2 N–H and O–H groups in total. The van der Waals surface area contributed by atoms with Crippen molar-refractivity contribution in [3.05, 3.63) is 53.5 Å². The van der Waals surface area contributed by atoms with Crippen molar-refractivity contribution < 1.29 is 19.1 Å². The molecule has 0 aliphatic rings. The number of carbonyl (C=O) groups is 2. The maximum absolute atomic E-state index is 11.8. The monoisotopic (exact) mass is 256 g/mol. The minimum Gasteiger partial charge on any atom is -0.478 e. The number of furan rings is 1. The lowest BCUT2D eigenvalue weighted by molar-refractivity contribution is 0.0696. The summed E-state index contributed by atoms with van der Waals surface area (Å²) in [5.74, 6) is -1.86. The normalized spacial score (nSPS) is 9.63. The number of carboxylic acids is 1. The Morgan fingerprint density at radius 2 is 2.11 bits per heavy atom. The highest BCUT2D eigenvalue weighted by atomic mass is 16.4. The Labute approximate surface area is 107 Å². The molecule has 0 fully saturated rings. The van der Waals surface area contributed by atoms with Crippen LogP contribution >= 0.6 is 0 Å². The number of anilines is 1. The number of carbonyl (C=O) groups excluding carboxylic acids is 1. The maximum atomic E-state index is 11.8. The number of hydrogen-bond acceptors (Lipinski definition) is 4. The van der Waals surface area contributed by atoms with Crippen molar-refractivity contribution in [3.63, 3.8) is 0 Å². The van der Waals surface area contributed by atoms with Gasteiger partial charge in [-0.1, -0.05) is 6.07 Å². The molecular weight excluding hydrogens is 248 g/mol. The number of nitrogens with one attached hydrogen (secondary N) is 1. The third-order valence-corrected chi connectivity index (χ3v) is 2.32. The standard InChI is InChI=1S/C13H8N2O4/c14-6-8-2-1-3-10(4-8)15-12(16)11-5-9(7-19-11)13(17)18/h1-5,7H,(H,15,16)(H,17,18). The molecule has 0 unspecified atom stereocenters. The molecule has 6 heteroatoms. The van der Waals surface area contributed by atoms with Gasteiger partial charge in [-0.05, 0) is 18.2 Å². The average Bonchev–Trinajstić information content (AvgIpc) is 2.89. The van der Waals surface area contributed by atoms with Gasteiger partial charge in [-0.3, -0.25) is 4.79 Å². The molecule has 1 aromatic heterocycles. The molecule has 1 heterocycles. The Kier molecular flexibility index (Phi) is 3.30. The molecule has 0 aliphatic heterocycles. The fourth-order valence-electron chi connectivity index (χ4n) is 1.43. The van der Waals surface area contributed by atoms with Crippen LogP contribution in [-0.2, 0) is 0 Å². The Morgan fingerprint density at radius 3 is 2.74 bits per heavy atom. The lowest BCUT2D eigenvalue weighted by atomic mass is 10.2. The van der Waals surface area contributed by atoms with Crippen LogP contribution in [0.1, 0.15) is 26.5 Å². The zero-order valence-electron chi connectivity index (χ0n) is 9.58. The van der Waals surface area contributed by atoms with Crippen LogP contribution < -0.4 is 5.32 Å². The zero-order valence-corrected chi connectivity index (χ0v) is 9.58. The first kappa shape index (κ1) is 12.4. The van der Waals surface area contributed by atoms with E-state index in [-0.39, 0.29) is 11.3 Å². The fourth-order valence-corrected chi connectivity index (χ4v) is 1.43. The van der Waals surface area contributed by atoms with Gasteiger partial charge in [0.05, 0.1) is 17.2 Å². The highest BCUT2D eigenvalue weighted by Gasteiger charge is 2.14. The van der Waals surface area contributed by atoms with Gasteiger partial charge in [-0.2, -0.15) is 5.26 Å². The van der Waals surface area contributed by atoms with E-state index in [1.807, 2.05) is 6.07 Å². The fraction of sp³-hybridized carbons (Fsp3) is 0. The molecule has 1 amide bonds. The quantitative estimate of drug-likeness (QED) is 0.875. The molecule has 0 radical (unpaired) electrons. The van der Waals surface area contributed by atoms with Crippen molar-refractivity contribution in [1.29, 1.82) is 5.26 Å². The van der Waals surface area contributed by atoms with E-state index in [9.17, 15) is 9.59 Å². The largest absolute Gasteiger partial charge is 0.478 e. The van der Waals surface area contributed by atoms with Crippen LogP contribution in [-0.4, -0.2) is 17.0 Å². The molecule has 94 valence electrons. The van der Waals surface area contributed by atoms with Gasteiger partial charge < -0.3 is 14.8 Å². The van der Waals surface area contributed by atoms with E-state index >= 15 is 0 Å². The van der Waals surface area contributed by atoms with Gasteiger partial charge in [-0.15, -0.1) is 0 Å². The van der Waals surface area contributed by atoms with Crippen LogP contribution in [0.3, 0.4) is 0 Å². The van der Waals surface area contributed by atoms with Crippen molar-refractivity contribution in [1.82, 2.24) is 0 Å². The summed E-state index contributed by atoms with van der Waals surface area (Å²) in [7, 11) is 0. The lowest BCUT2D eigenvalue weighted by Crippen LogP contribution is -2.11. The molecule has 0 atom stereocenters. The summed E-state index contributed by atoms with van der Waals surface area (Å²) in [5, 5.41) is 19.9. The van der Waals surface area contributed by atoms with Crippen molar-refractivity contribution in [2.24, 2.45) is 0 Å². The highest BCUT2D eigenvalue weighted by Crippen LogP contribution is 2.13. The predicted molar refractivity (Wildman–Crippen MR) is 64.8 cm³/mol. The first-order valence-corrected chi connectivity index (χ1v) is 5.23. The number of benzene rings is 1. The summed E-state index contributed by atoms with van der Waals surface area (Å²) in [6.07, 6.45) is 0.989. The predicted octanol–water partition coefficient (Wildman–Crippen LogP) is 2.10. The smallest absolute Gasteiger partial charge is 0.338 e. The van der Waals surface area contributed by atoms with Gasteiger partial charge >= 0.3 is 5.97 Å². The molecular formula is C13H8N2O4. The first-order chi connectivity index (χ1) is 9.10. The van der Waals surface area contributed by atoms with E-state index in [1.54, 1.807) is 18.2 Å². The molecule has 0 saturated heterocycles. The molecule has 0 saturated carbocycles. The van der Waals surface area contributed by atoms with Gasteiger partial charge in [-0.25, -0.2) is 4.79 Å². The number of nitrogens with zero attached hydrogens (tertiary/aromatic N) is 1. The van der Waals surface area contributed by atoms with Crippen molar-refractivity contribution in [2.75, 3.05) is 5.32 Å². The molecule has 0 aliphatic carbocycles. The number of rotatable bonds is 3. The van der Waals surface area contributed by atoms with Crippen molar-refractivity contribution in [2.45, 2.75) is 0 Å². The molecule has 19 heavy (non-hydrogen) atoms. The summed E-state index contributed by atoms with van der Waals surface area (Å²) in [6.45, 7) is 0. The van der Waals surface area contributed by atoms with Crippen LogP contribution in [0.4, 0.5) is 5.69 Å². The van der Waals surface area contributed by atoms with Gasteiger partial charge in [0.2, 0.25) is 0 Å². The minimum atomic E-state index is -1.17. The first-order valence-electron chi connectivity index (χ1n) is 5.23. The van der Waals surface area contributed by atoms with Crippen molar-refractivity contribution >= 4 is 17.6 Å². The molecule has 2 rings (SSSR count). The summed E-state index contributed by atoms with van der Waals surface area (Å²) in [5.41, 5.74) is 0.733. The number of aromatic carboxylic acids is 1. The molecule has 0 spiro atoms. The molecule has 6 nitrogen and oxygen atoms in total. The Balaban J connectivity index is 2.16. The minimum absolute atomic E-state index is 0.101. The van der Waals surface area contributed by atoms with E-state index in [0.717, 1.165) is 12.3 Å². The number of hydrogen-bond donors (Lipinski definition) is 2. The van der Waals surface area contributed by atoms with Gasteiger partial charge in [0.25, 0.3) is 5.91 Å². The van der Waals surface area contributed by atoms with Crippen molar-refractivity contribution in [3.8, 4) is 6.07 Å². The second-order valence-corrected chi connectivity index (χ2v) is 3.65. The number of amides is 1. The van der Waals surface area contributed by atoms with E-state index in [0.29, 0.717) is 11.3 Å². The maximum Gasteiger partial charge on any atom is 0.338 e. The second kappa shape index (κ2) is 5.06. The Morgan fingerprint density at radius 1 is 1.32 bits per heavy atom. The van der Waals surface area contributed by atoms with Crippen LogP contribution in [0.2, 0.25) is 0 Å². The topological polar surface area (TPSA) is 103 Å². The lowest BCUT2D eigenvalue weighted by Gasteiger charge is -2.02. The Hall–Kier alpha value is -3.07. The van der Waals surface area contributed by atoms with E-state index in [2.05, 4.69) is 5.32 Å². The molecule has 1 aromatic carbocycles. The van der Waals surface area contributed by atoms with Crippen LogP contribution in [0.15, 0.2) is 41.0 Å². The summed E-state index contributed by atoms with van der Waals surface area (Å²) in [6, 6.07) is 9.41. The number of nitriles is 1. The van der Waals surface area contributed by atoms with Crippen LogP contribution in [0.5, 0.6) is 0 Å². The van der Waals surface area contributed by atoms with Gasteiger partial charge in [0.1, 0.15) is 6.26 Å².